The maximum atomic E-state index is 11.2. The van der Waals surface area contributed by atoms with Crippen molar-refractivity contribution in [3.05, 3.63) is 35.4 Å². The van der Waals surface area contributed by atoms with Crippen molar-refractivity contribution in [2.75, 3.05) is 0 Å². The van der Waals surface area contributed by atoms with E-state index in [0.29, 0.717) is 0 Å². The molecule has 17 heavy (non-hydrogen) atoms. The highest BCUT2D eigenvalue weighted by atomic mass is 16.1. The Morgan fingerprint density at radius 2 is 1.94 bits per heavy atom. The molecular formula is C16H22O. The molecule has 1 saturated carbocycles. The van der Waals surface area contributed by atoms with Gasteiger partial charge >= 0.3 is 0 Å². The van der Waals surface area contributed by atoms with E-state index in [0.717, 1.165) is 17.4 Å². The summed E-state index contributed by atoms with van der Waals surface area (Å²) >= 11 is 0. The molecule has 92 valence electrons. The minimum Gasteiger partial charge on any atom is -0.295 e. The summed E-state index contributed by atoms with van der Waals surface area (Å²) in [7, 11) is 0. The molecule has 0 aromatic heterocycles. The fraction of sp³-hybridized carbons (Fsp3) is 0.562. The van der Waals surface area contributed by atoms with E-state index in [1.807, 2.05) is 12.1 Å². The third-order valence-corrected chi connectivity index (χ3v) is 4.03. The van der Waals surface area contributed by atoms with E-state index in [4.69, 9.17) is 0 Å². The molecule has 1 aromatic carbocycles. The maximum Gasteiger partial charge on any atom is 0.159 e. The van der Waals surface area contributed by atoms with Crippen molar-refractivity contribution in [3.63, 3.8) is 0 Å². The molecule has 1 nitrogen and oxygen atoms in total. The zero-order valence-corrected chi connectivity index (χ0v) is 10.9. The lowest BCUT2D eigenvalue weighted by Crippen LogP contribution is -1.97. The molecule has 0 heterocycles. The number of rotatable bonds is 4. The second kappa shape index (κ2) is 5.48. The van der Waals surface area contributed by atoms with Gasteiger partial charge in [0.2, 0.25) is 0 Å². The maximum absolute atomic E-state index is 11.2. The molecular weight excluding hydrogens is 208 g/mol. The van der Waals surface area contributed by atoms with Crippen LogP contribution in [-0.2, 0) is 0 Å². The highest BCUT2D eigenvalue weighted by molar-refractivity contribution is 5.94. The van der Waals surface area contributed by atoms with Crippen LogP contribution in [0.3, 0.4) is 0 Å². The molecule has 1 heteroatoms. The van der Waals surface area contributed by atoms with Gasteiger partial charge in [0, 0.05) is 5.56 Å². The number of hydrogen-bond donors (Lipinski definition) is 0. The van der Waals surface area contributed by atoms with E-state index < -0.39 is 0 Å². The summed E-state index contributed by atoms with van der Waals surface area (Å²) in [6.07, 6.45) is 6.73. The van der Waals surface area contributed by atoms with Crippen LogP contribution in [-0.4, -0.2) is 5.78 Å². The first-order chi connectivity index (χ1) is 8.20. The third-order valence-electron chi connectivity index (χ3n) is 4.03. The molecule has 0 saturated heterocycles. The Hall–Kier alpha value is -1.11. The van der Waals surface area contributed by atoms with Gasteiger partial charge in [0.05, 0.1) is 0 Å². The molecule has 2 unspecified atom stereocenters. The Labute approximate surface area is 104 Å². The van der Waals surface area contributed by atoms with Crippen molar-refractivity contribution >= 4 is 5.78 Å². The molecule has 1 fully saturated rings. The molecule has 1 aromatic rings. The van der Waals surface area contributed by atoms with Crippen LogP contribution < -0.4 is 0 Å². The zero-order valence-electron chi connectivity index (χ0n) is 10.9. The molecule has 0 radical (unpaired) electrons. The Morgan fingerprint density at radius 3 is 2.53 bits per heavy atom. The highest BCUT2D eigenvalue weighted by Gasteiger charge is 2.24. The SMILES string of the molecule is CCCC1CCC(c2ccc(C(C)=O)cc2)C1. The van der Waals surface area contributed by atoms with Gasteiger partial charge in [-0.2, -0.15) is 0 Å². The number of hydrogen-bond acceptors (Lipinski definition) is 1. The summed E-state index contributed by atoms with van der Waals surface area (Å²) in [5.41, 5.74) is 2.26. The molecule has 0 N–H and O–H groups in total. The van der Waals surface area contributed by atoms with E-state index in [1.54, 1.807) is 6.92 Å². The van der Waals surface area contributed by atoms with Crippen molar-refractivity contribution in [2.45, 2.75) is 51.9 Å². The smallest absolute Gasteiger partial charge is 0.159 e. The first-order valence-electron chi connectivity index (χ1n) is 6.81. The number of benzene rings is 1. The van der Waals surface area contributed by atoms with Crippen molar-refractivity contribution in [3.8, 4) is 0 Å². The number of carbonyl (C=O) groups is 1. The standard InChI is InChI=1S/C16H22O/c1-3-4-13-5-6-16(11-13)15-9-7-14(8-10-15)12(2)17/h7-10,13,16H,3-6,11H2,1-2H3. The fourth-order valence-electron chi connectivity index (χ4n) is 3.04. The van der Waals surface area contributed by atoms with Crippen molar-refractivity contribution < 1.29 is 4.79 Å². The highest BCUT2D eigenvalue weighted by Crippen LogP contribution is 2.40. The average Bonchev–Trinajstić information content (AvgIpc) is 2.78. The fourth-order valence-corrected chi connectivity index (χ4v) is 3.04. The Kier molecular flexibility index (Phi) is 3.98. The average molecular weight is 230 g/mol. The van der Waals surface area contributed by atoms with E-state index in [9.17, 15) is 4.79 Å². The van der Waals surface area contributed by atoms with Gasteiger partial charge in [-0.3, -0.25) is 4.79 Å². The van der Waals surface area contributed by atoms with Gasteiger partial charge in [0.1, 0.15) is 0 Å². The second-order valence-electron chi connectivity index (χ2n) is 5.34. The van der Waals surface area contributed by atoms with Crippen LogP contribution in [0.5, 0.6) is 0 Å². The Bertz CT molecular complexity index is 377. The van der Waals surface area contributed by atoms with Crippen LogP contribution in [0, 0.1) is 5.92 Å². The molecule has 0 bridgehead atoms. The number of ketones is 1. The molecule has 0 aliphatic heterocycles. The van der Waals surface area contributed by atoms with Gasteiger partial charge in [-0.25, -0.2) is 0 Å². The van der Waals surface area contributed by atoms with E-state index >= 15 is 0 Å². The quantitative estimate of drug-likeness (QED) is 0.692. The molecule has 2 rings (SSSR count). The predicted molar refractivity (Wildman–Crippen MR) is 71.4 cm³/mol. The monoisotopic (exact) mass is 230 g/mol. The van der Waals surface area contributed by atoms with Crippen molar-refractivity contribution in [2.24, 2.45) is 5.92 Å². The van der Waals surface area contributed by atoms with Gasteiger partial charge < -0.3 is 0 Å². The van der Waals surface area contributed by atoms with Crippen LogP contribution in [0.25, 0.3) is 0 Å². The van der Waals surface area contributed by atoms with Gasteiger partial charge in [-0.15, -0.1) is 0 Å². The summed E-state index contributed by atoms with van der Waals surface area (Å²) in [4.78, 5) is 11.2. The molecule has 0 spiro atoms. The minimum atomic E-state index is 0.159. The molecule has 0 amide bonds. The van der Waals surface area contributed by atoms with E-state index in [1.165, 1.54) is 37.7 Å². The largest absolute Gasteiger partial charge is 0.295 e. The van der Waals surface area contributed by atoms with Crippen molar-refractivity contribution in [1.82, 2.24) is 0 Å². The number of carbonyl (C=O) groups excluding carboxylic acids is 1. The molecule has 1 aliphatic carbocycles. The lowest BCUT2D eigenvalue weighted by molar-refractivity contribution is 0.101. The van der Waals surface area contributed by atoms with Crippen LogP contribution >= 0.6 is 0 Å². The summed E-state index contributed by atoms with van der Waals surface area (Å²) in [6, 6.07) is 8.25. The van der Waals surface area contributed by atoms with E-state index in [2.05, 4.69) is 19.1 Å². The molecule has 2 atom stereocenters. The van der Waals surface area contributed by atoms with Crippen LogP contribution in [0.4, 0.5) is 0 Å². The first kappa shape index (κ1) is 12.3. The third kappa shape index (κ3) is 2.96. The van der Waals surface area contributed by atoms with Gasteiger partial charge in [0.25, 0.3) is 0 Å². The van der Waals surface area contributed by atoms with Gasteiger partial charge in [0.15, 0.2) is 5.78 Å². The topological polar surface area (TPSA) is 17.1 Å². The van der Waals surface area contributed by atoms with Gasteiger partial charge in [-0.1, -0.05) is 44.0 Å². The minimum absolute atomic E-state index is 0.159. The van der Waals surface area contributed by atoms with E-state index in [-0.39, 0.29) is 5.78 Å². The van der Waals surface area contributed by atoms with Crippen LogP contribution in [0.1, 0.15) is 67.8 Å². The lowest BCUT2D eigenvalue weighted by Gasteiger charge is -2.11. The lowest BCUT2D eigenvalue weighted by atomic mass is 9.94. The zero-order chi connectivity index (χ0) is 12.3. The van der Waals surface area contributed by atoms with Crippen LogP contribution in [0.15, 0.2) is 24.3 Å². The van der Waals surface area contributed by atoms with Crippen molar-refractivity contribution in [1.29, 1.82) is 0 Å². The summed E-state index contributed by atoms with van der Waals surface area (Å²) < 4.78 is 0. The van der Waals surface area contributed by atoms with Crippen LogP contribution in [0.2, 0.25) is 0 Å². The first-order valence-corrected chi connectivity index (χ1v) is 6.81. The predicted octanol–water partition coefficient (Wildman–Crippen LogP) is 4.57. The number of Topliss-reactive ketones (excluding diaryl/α,β-unsaturated/α-hetero) is 1. The van der Waals surface area contributed by atoms with Gasteiger partial charge in [-0.05, 0) is 43.6 Å². The normalized spacial score (nSPS) is 23.9. The second-order valence-corrected chi connectivity index (χ2v) is 5.34. The Balaban J connectivity index is 2.01. The summed E-state index contributed by atoms with van der Waals surface area (Å²) in [5.74, 6) is 1.82. The summed E-state index contributed by atoms with van der Waals surface area (Å²) in [5, 5.41) is 0. The molecule has 1 aliphatic rings. The Morgan fingerprint density at radius 1 is 1.24 bits per heavy atom. The summed E-state index contributed by atoms with van der Waals surface area (Å²) in [6.45, 7) is 3.90.